The van der Waals surface area contributed by atoms with Crippen LogP contribution in [0.3, 0.4) is 0 Å². The van der Waals surface area contributed by atoms with Gasteiger partial charge in [0.2, 0.25) is 0 Å². The second kappa shape index (κ2) is 8.48. The lowest BCUT2D eigenvalue weighted by Gasteiger charge is -2.42. The number of amides is 1. The van der Waals surface area contributed by atoms with Crippen molar-refractivity contribution in [2.24, 2.45) is 11.8 Å². The van der Waals surface area contributed by atoms with E-state index in [1.807, 2.05) is 0 Å². The molecule has 3 aliphatic rings. The van der Waals surface area contributed by atoms with Crippen molar-refractivity contribution in [1.29, 1.82) is 0 Å². The monoisotopic (exact) mass is 425 g/mol. The number of ether oxygens (including phenoxy) is 4. The van der Waals surface area contributed by atoms with Crippen LogP contribution in [0.1, 0.15) is 53.9 Å². The molecule has 3 fully saturated rings. The van der Waals surface area contributed by atoms with E-state index in [4.69, 9.17) is 18.9 Å². The van der Waals surface area contributed by atoms with E-state index in [1.54, 1.807) is 21.0 Å². The molecule has 8 heteroatoms. The third-order valence-electron chi connectivity index (χ3n) is 6.70. The molecule has 0 unspecified atom stereocenters. The molecule has 2 saturated heterocycles. The maximum absolute atomic E-state index is 12.5. The Morgan fingerprint density at radius 2 is 2.00 bits per heavy atom. The molecule has 0 bridgehead atoms. The molecule has 2 heterocycles. The van der Waals surface area contributed by atoms with E-state index in [2.05, 4.69) is 32.2 Å². The lowest BCUT2D eigenvalue weighted by Crippen LogP contribution is -2.56. The maximum atomic E-state index is 12.5. The van der Waals surface area contributed by atoms with Gasteiger partial charge >= 0.3 is 12.1 Å². The quantitative estimate of drug-likeness (QED) is 0.454. The number of carboxylic acids is 1. The number of carboxylic acid groups (broad SMARTS) is 1. The van der Waals surface area contributed by atoms with Crippen LogP contribution in [0.2, 0.25) is 0 Å². The van der Waals surface area contributed by atoms with Crippen molar-refractivity contribution in [3.63, 3.8) is 0 Å². The number of carbonyl (C=O) groups excluding carboxylic acids is 1. The fraction of sp³-hybridized carbons (Fsp3) is 0.818. The van der Waals surface area contributed by atoms with Gasteiger partial charge in [-0.25, -0.2) is 9.59 Å². The van der Waals surface area contributed by atoms with Crippen molar-refractivity contribution in [3.05, 3.63) is 11.6 Å². The minimum Gasteiger partial charge on any atom is -0.480 e. The summed E-state index contributed by atoms with van der Waals surface area (Å²) in [5, 5.41) is 11.8. The summed E-state index contributed by atoms with van der Waals surface area (Å²) in [7, 11) is 1.61. The van der Waals surface area contributed by atoms with Gasteiger partial charge in [-0.1, -0.05) is 25.5 Å². The number of alkyl carbamates (subject to hydrolysis) is 1. The number of rotatable bonds is 8. The standard InChI is InChI=1S/C22H35NO7/c1-12(2)7-8-15-21(5,30-15)18-17(27-6)14(9-10-22(18)11-28-22)29-20(26)23-16(13(3)4)19(24)25/h7,13-18H,8-11H2,1-6H3,(H,23,26)(H,24,25)/t14-,15+,16-,17-,18-,21-,22+/m1/s1. The van der Waals surface area contributed by atoms with Gasteiger partial charge in [0.1, 0.15) is 29.5 Å². The Kier molecular flexibility index (Phi) is 6.51. The second-order valence-electron chi connectivity index (χ2n) is 9.53. The van der Waals surface area contributed by atoms with Gasteiger partial charge in [-0.15, -0.1) is 0 Å². The Hall–Kier alpha value is -1.64. The van der Waals surface area contributed by atoms with Crippen molar-refractivity contribution in [2.45, 2.75) is 89.4 Å². The number of hydrogen-bond donors (Lipinski definition) is 2. The largest absolute Gasteiger partial charge is 0.480 e. The Bertz CT molecular complexity index is 698. The average Bonchev–Trinajstić information content (AvgIpc) is 3.56. The number of aliphatic carboxylic acids is 1. The van der Waals surface area contributed by atoms with Crippen LogP contribution in [-0.2, 0) is 23.7 Å². The fourth-order valence-corrected chi connectivity index (χ4v) is 4.88. The highest BCUT2D eigenvalue weighted by Gasteiger charge is 2.72. The highest BCUT2D eigenvalue weighted by atomic mass is 16.6. The molecule has 8 nitrogen and oxygen atoms in total. The lowest BCUT2D eigenvalue weighted by atomic mass is 9.68. The van der Waals surface area contributed by atoms with Gasteiger partial charge < -0.3 is 29.4 Å². The van der Waals surface area contributed by atoms with Crippen LogP contribution in [0.15, 0.2) is 11.6 Å². The van der Waals surface area contributed by atoms with Crippen LogP contribution in [0.5, 0.6) is 0 Å². The molecule has 1 spiro atoms. The number of methoxy groups -OCH3 is 1. The molecule has 0 aromatic carbocycles. The molecule has 2 aliphatic heterocycles. The van der Waals surface area contributed by atoms with Gasteiger partial charge in [0.25, 0.3) is 0 Å². The van der Waals surface area contributed by atoms with E-state index in [1.165, 1.54) is 5.57 Å². The molecule has 1 saturated carbocycles. The summed E-state index contributed by atoms with van der Waals surface area (Å²) in [5.74, 6) is -1.42. The third-order valence-corrected chi connectivity index (χ3v) is 6.70. The number of carbonyl (C=O) groups is 2. The van der Waals surface area contributed by atoms with Crippen LogP contribution >= 0.6 is 0 Å². The zero-order valence-corrected chi connectivity index (χ0v) is 18.8. The molecule has 0 radical (unpaired) electrons. The van der Waals surface area contributed by atoms with Crippen molar-refractivity contribution in [3.8, 4) is 0 Å². The Morgan fingerprint density at radius 3 is 2.50 bits per heavy atom. The molecule has 7 atom stereocenters. The van der Waals surface area contributed by atoms with Crippen LogP contribution in [0.25, 0.3) is 0 Å². The van der Waals surface area contributed by atoms with E-state index in [-0.39, 0.29) is 23.5 Å². The molecular weight excluding hydrogens is 390 g/mol. The van der Waals surface area contributed by atoms with E-state index >= 15 is 0 Å². The third kappa shape index (κ3) is 4.50. The minimum atomic E-state index is -1.09. The number of allylic oxidation sites excluding steroid dienone is 1. The zero-order valence-electron chi connectivity index (χ0n) is 18.8. The van der Waals surface area contributed by atoms with Gasteiger partial charge in [0.15, 0.2) is 0 Å². The molecule has 1 amide bonds. The predicted octanol–water partition coefficient (Wildman–Crippen LogP) is 2.90. The fourth-order valence-electron chi connectivity index (χ4n) is 4.88. The highest BCUT2D eigenvalue weighted by Crippen LogP contribution is 2.59. The summed E-state index contributed by atoms with van der Waals surface area (Å²) >= 11 is 0. The van der Waals surface area contributed by atoms with Gasteiger partial charge in [-0.3, -0.25) is 0 Å². The smallest absolute Gasteiger partial charge is 0.408 e. The molecule has 170 valence electrons. The van der Waals surface area contributed by atoms with Gasteiger partial charge in [-0.05, 0) is 46.0 Å². The van der Waals surface area contributed by atoms with Gasteiger partial charge in [0.05, 0.1) is 18.6 Å². The van der Waals surface area contributed by atoms with E-state index < -0.39 is 35.9 Å². The second-order valence-corrected chi connectivity index (χ2v) is 9.53. The Balaban J connectivity index is 1.71. The summed E-state index contributed by atoms with van der Waals surface area (Å²) < 4.78 is 23.5. The number of epoxide rings is 2. The van der Waals surface area contributed by atoms with Crippen molar-refractivity contribution in [2.75, 3.05) is 13.7 Å². The summed E-state index contributed by atoms with van der Waals surface area (Å²) in [6.45, 7) is 10.3. The number of nitrogens with one attached hydrogen (secondary N) is 1. The first kappa shape index (κ1) is 23.0. The minimum absolute atomic E-state index is 0.0704. The maximum Gasteiger partial charge on any atom is 0.408 e. The van der Waals surface area contributed by atoms with Crippen molar-refractivity contribution < 1.29 is 33.6 Å². The van der Waals surface area contributed by atoms with Crippen molar-refractivity contribution >= 4 is 12.1 Å². The van der Waals surface area contributed by atoms with Crippen LogP contribution in [0.4, 0.5) is 4.79 Å². The summed E-state index contributed by atoms with van der Waals surface area (Å²) in [5.41, 5.74) is 0.532. The number of hydrogen-bond acceptors (Lipinski definition) is 6. The predicted molar refractivity (Wildman–Crippen MR) is 109 cm³/mol. The van der Waals surface area contributed by atoms with Crippen LogP contribution in [-0.4, -0.2) is 66.4 Å². The Labute approximate surface area is 178 Å². The zero-order chi connectivity index (χ0) is 22.3. The highest BCUT2D eigenvalue weighted by molar-refractivity contribution is 5.80. The summed E-state index contributed by atoms with van der Waals surface area (Å²) in [6.07, 6.45) is 2.77. The molecule has 3 rings (SSSR count). The Morgan fingerprint density at radius 1 is 1.33 bits per heavy atom. The van der Waals surface area contributed by atoms with Gasteiger partial charge in [-0.2, -0.15) is 0 Å². The molecule has 30 heavy (non-hydrogen) atoms. The molecule has 0 aromatic rings. The topological polar surface area (TPSA) is 110 Å². The SMILES string of the molecule is CO[C@@H]1[C@H](OC(=O)N[C@@H](C(=O)O)C(C)C)CC[C@]2(CO2)[C@H]1[C@]1(C)O[C@H]1CC=C(C)C. The molecule has 0 aromatic heterocycles. The van der Waals surface area contributed by atoms with E-state index in [0.29, 0.717) is 13.0 Å². The van der Waals surface area contributed by atoms with Crippen molar-refractivity contribution in [1.82, 2.24) is 5.32 Å². The lowest BCUT2D eigenvalue weighted by molar-refractivity contribution is -0.141. The van der Waals surface area contributed by atoms with Crippen LogP contribution < -0.4 is 5.32 Å². The summed E-state index contributed by atoms with van der Waals surface area (Å²) in [6, 6.07) is -1.01. The van der Waals surface area contributed by atoms with Gasteiger partial charge in [0, 0.05) is 7.11 Å². The average molecular weight is 426 g/mol. The molecule has 1 aliphatic carbocycles. The first-order valence-corrected chi connectivity index (χ1v) is 10.7. The van der Waals surface area contributed by atoms with Crippen LogP contribution in [0, 0.1) is 11.8 Å². The van der Waals surface area contributed by atoms with E-state index in [9.17, 15) is 14.7 Å². The first-order valence-electron chi connectivity index (χ1n) is 10.7. The normalized spacial score (nSPS) is 38.1. The molecule has 2 N–H and O–H groups in total. The first-order chi connectivity index (χ1) is 14.0. The van der Waals surface area contributed by atoms with E-state index in [0.717, 1.165) is 12.8 Å². The summed E-state index contributed by atoms with van der Waals surface area (Å²) in [4.78, 5) is 23.8. The molecular formula is C22H35NO7.